The lowest BCUT2D eigenvalue weighted by atomic mass is 10.2. The van der Waals surface area contributed by atoms with Gasteiger partial charge in [0.25, 0.3) is 0 Å². The van der Waals surface area contributed by atoms with Crippen molar-refractivity contribution in [3.05, 3.63) is 18.2 Å². The van der Waals surface area contributed by atoms with Gasteiger partial charge in [0.2, 0.25) is 0 Å². The molecule has 0 radical (unpaired) electrons. The van der Waals surface area contributed by atoms with Crippen LogP contribution in [-0.4, -0.2) is 39.6 Å². The molecule has 4 nitrogen and oxygen atoms in total. The number of anilines is 2. The monoisotopic (exact) mass is 275 g/mol. The van der Waals surface area contributed by atoms with Crippen LogP contribution < -0.4 is 20.3 Å². The molecule has 2 rings (SSSR count). The summed E-state index contributed by atoms with van der Waals surface area (Å²) in [4.78, 5) is 2.12. The van der Waals surface area contributed by atoms with E-state index in [1.807, 2.05) is 0 Å². The summed E-state index contributed by atoms with van der Waals surface area (Å²) in [7, 11) is 1.57. The fourth-order valence-electron chi connectivity index (χ4n) is 2.05. The van der Waals surface area contributed by atoms with E-state index in [0.717, 1.165) is 31.9 Å². The molecule has 0 aromatic heterocycles. The van der Waals surface area contributed by atoms with E-state index in [0.29, 0.717) is 5.69 Å². The lowest BCUT2D eigenvalue weighted by molar-refractivity contribution is -0.274. The number of halogens is 3. The molecule has 1 heterocycles. The summed E-state index contributed by atoms with van der Waals surface area (Å²) in [5, 5.41) is 5.96. The van der Waals surface area contributed by atoms with Crippen molar-refractivity contribution >= 4 is 11.4 Å². The quantitative estimate of drug-likeness (QED) is 0.885. The van der Waals surface area contributed by atoms with Crippen molar-refractivity contribution in [2.45, 2.75) is 6.36 Å². The highest BCUT2D eigenvalue weighted by molar-refractivity contribution is 5.65. The molecule has 1 aromatic carbocycles. The first-order valence-electron chi connectivity index (χ1n) is 6.03. The van der Waals surface area contributed by atoms with Gasteiger partial charge in [-0.15, -0.1) is 13.2 Å². The van der Waals surface area contributed by atoms with Gasteiger partial charge in [-0.1, -0.05) is 0 Å². The van der Waals surface area contributed by atoms with E-state index >= 15 is 0 Å². The number of nitrogens with zero attached hydrogens (tertiary/aromatic N) is 1. The van der Waals surface area contributed by atoms with E-state index in [9.17, 15) is 13.2 Å². The zero-order valence-corrected chi connectivity index (χ0v) is 10.5. The number of alkyl halides is 3. The third-order valence-electron chi connectivity index (χ3n) is 2.94. The van der Waals surface area contributed by atoms with Crippen LogP contribution in [0.25, 0.3) is 0 Å². The second-order valence-corrected chi connectivity index (χ2v) is 4.22. The van der Waals surface area contributed by atoms with Gasteiger partial charge in [0, 0.05) is 38.9 Å². The Morgan fingerprint density at radius 3 is 2.53 bits per heavy atom. The topological polar surface area (TPSA) is 36.5 Å². The summed E-state index contributed by atoms with van der Waals surface area (Å²) in [6.45, 7) is 3.41. The zero-order chi connectivity index (χ0) is 13.9. The minimum absolute atomic E-state index is 0.214. The molecule has 1 aliphatic heterocycles. The zero-order valence-electron chi connectivity index (χ0n) is 10.5. The molecule has 1 fully saturated rings. The first kappa shape index (κ1) is 13.8. The Labute approximate surface area is 109 Å². The summed E-state index contributed by atoms with van der Waals surface area (Å²) in [5.74, 6) is -0.214. The first-order chi connectivity index (χ1) is 8.99. The number of hydrogen-bond donors (Lipinski definition) is 2. The van der Waals surface area contributed by atoms with E-state index < -0.39 is 6.36 Å². The second kappa shape index (κ2) is 5.56. The van der Waals surface area contributed by atoms with Crippen molar-refractivity contribution in [2.75, 3.05) is 43.4 Å². The molecule has 19 heavy (non-hydrogen) atoms. The van der Waals surface area contributed by atoms with Crippen LogP contribution in [0.15, 0.2) is 18.2 Å². The third-order valence-corrected chi connectivity index (χ3v) is 2.94. The van der Waals surface area contributed by atoms with Crippen molar-refractivity contribution in [2.24, 2.45) is 0 Å². The minimum Gasteiger partial charge on any atom is -0.404 e. The molecule has 1 saturated heterocycles. The fourth-order valence-corrected chi connectivity index (χ4v) is 2.05. The highest BCUT2D eigenvalue weighted by Crippen LogP contribution is 2.33. The minimum atomic E-state index is -4.68. The van der Waals surface area contributed by atoms with Crippen LogP contribution in [0.5, 0.6) is 5.75 Å². The average molecular weight is 275 g/mol. The summed E-state index contributed by atoms with van der Waals surface area (Å²) in [5.41, 5.74) is 1.22. The molecular weight excluding hydrogens is 259 g/mol. The molecule has 1 aliphatic rings. The lowest BCUT2D eigenvalue weighted by Gasteiger charge is -2.30. The number of rotatable bonds is 3. The molecule has 0 spiro atoms. The summed E-state index contributed by atoms with van der Waals surface area (Å²) < 4.78 is 40.7. The van der Waals surface area contributed by atoms with Crippen LogP contribution in [0.3, 0.4) is 0 Å². The van der Waals surface area contributed by atoms with Gasteiger partial charge >= 0.3 is 6.36 Å². The number of benzene rings is 1. The molecule has 0 aliphatic carbocycles. The Morgan fingerprint density at radius 1 is 1.26 bits per heavy atom. The Balaban J connectivity index is 2.20. The Bertz CT molecular complexity index is 431. The number of nitrogens with one attached hydrogen (secondary N) is 2. The van der Waals surface area contributed by atoms with Crippen molar-refractivity contribution in [1.82, 2.24) is 5.32 Å². The van der Waals surface area contributed by atoms with Gasteiger partial charge in [-0.2, -0.15) is 0 Å². The predicted octanol–water partition coefficient (Wildman–Crippen LogP) is 2.04. The maximum Gasteiger partial charge on any atom is 0.573 e. The number of piperazine rings is 1. The van der Waals surface area contributed by atoms with E-state index in [2.05, 4.69) is 20.3 Å². The van der Waals surface area contributed by atoms with Crippen LogP contribution in [-0.2, 0) is 0 Å². The molecule has 0 atom stereocenters. The van der Waals surface area contributed by atoms with Crippen LogP contribution in [0.1, 0.15) is 0 Å². The van der Waals surface area contributed by atoms with Crippen LogP contribution in [0.4, 0.5) is 24.5 Å². The maximum atomic E-state index is 12.2. The standard InChI is InChI=1S/C12H16F3N3O/c1-16-10-8-9(18-6-4-17-5-7-18)2-3-11(10)19-12(13,14)15/h2-3,8,16-17H,4-7H2,1H3. The molecule has 0 bridgehead atoms. The Morgan fingerprint density at radius 2 is 1.95 bits per heavy atom. The fraction of sp³-hybridized carbons (Fsp3) is 0.500. The average Bonchev–Trinajstić information content (AvgIpc) is 2.38. The molecule has 2 N–H and O–H groups in total. The highest BCUT2D eigenvalue weighted by atomic mass is 19.4. The van der Waals surface area contributed by atoms with Crippen LogP contribution in [0, 0.1) is 0 Å². The van der Waals surface area contributed by atoms with Crippen molar-refractivity contribution in [3.63, 3.8) is 0 Å². The molecule has 1 aromatic rings. The molecule has 106 valence electrons. The van der Waals surface area contributed by atoms with E-state index in [1.54, 1.807) is 19.2 Å². The van der Waals surface area contributed by atoms with Gasteiger partial charge in [-0.05, 0) is 18.2 Å². The van der Waals surface area contributed by atoms with Crippen LogP contribution >= 0.6 is 0 Å². The molecule has 0 amide bonds. The Hall–Kier alpha value is -1.63. The predicted molar refractivity (Wildman–Crippen MR) is 67.8 cm³/mol. The smallest absolute Gasteiger partial charge is 0.404 e. The van der Waals surface area contributed by atoms with Gasteiger partial charge in [0.05, 0.1) is 5.69 Å². The Kier molecular flexibility index (Phi) is 4.04. The van der Waals surface area contributed by atoms with Gasteiger partial charge in [0.15, 0.2) is 5.75 Å². The lowest BCUT2D eigenvalue weighted by Crippen LogP contribution is -2.43. The van der Waals surface area contributed by atoms with Crippen molar-refractivity contribution in [1.29, 1.82) is 0 Å². The van der Waals surface area contributed by atoms with E-state index in [4.69, 9.17) is 0 Å². The second-order valence-electron chi connectivity index (χ2n) is 4.22. The van der Waals surface area contributed by atoms with E-state index in [-0.39, 0.29) is 5.75 Å². The summed E-state index contributed by atoms with van der Waals surface area (Å²) in [6.07, 6.45) is -4.68. The molecule has 7 heteroatoms. The summed E-state index contributed by atoms with van der Waals surface area (Å²) in [6, 6.07) is 4.66. The van der Waals surface area contributed by atoms with Gasteiger partial charge in [-0.3, -0.25) is 0 Å². The normalized spacial score (nSPS) is 16.3. The number of ether oxygens (including phenoxy) is 1. The van der Waals surface area contributed by atoms with E-state index in [1.165, 1.54) is 6.07 Å². The number of hydrogen-bond acceptors (Lipinski definition) is 4. The van der Waals surface area contributed by atoms with Gasteiger partial charge in [-0.25, -0.2) is 0 Å². The highest BCUT2D eigenvalue weighted by Gasteiger charge is 2.32. The van der Waals surface area contributed by atoms with Gasteiger partial charge in [0.1, 0.15) is 0 Å². The van der Waals surface area contributed by atoms with Crippen LogP contribution in [0.2, 0.25) is 0 Å². The largest absolute Gasteiger partial charge is 0.573 e. The SMILES string of the molecule is CNc1cc(N2CCNCC2)ccc1OC(F)(F)F. The molecule has 0 unspecified atom stereocenters. The molecular formula is C12H16F3N3O. The van der Waals surface area contributed by atoms with Crippen molar-refractivity contribution < 1.29 is 17.9 Å². The molecule has 0 saturated carbocycles. The van der Waals surface area contributed by atoms with Crippen molar-refractivity contribution in [3.8, 4) is 5.75 Å². The summed E-state index contributed by atoms with van der Waals surface area (Å²) >= 11 is 0. The van der Waals surface area contributed by atoms with Gasteiger partial charge < -0.3 is 20.3 Å². The first-order valence-corrected chi connectivity index (χ1v) is 6.03. The maximum absolute atomic E-state index is 12.2. The third kappa shape index (κ3) is 3.66.